The van der Waals surface area contributed by atoms with Crippen molar-refractivity contribution >= 4 is 5.91 Å². The minimum Gasteiger partial charge on any atom is -0.393 e. The van der Waals surface area contributed by atoms with Gasteiger partial charge in [0.2, 0.25) is 5.91 Å². The largest absolute Gasteiger partial charge is 0.393 e. The molecule has 1 N–H and O–H groups in total. The van der Waals surface area contributed by atoms with Crippen LogP contribution in [-0.4, -0.2) is 72.9 Å². The first kappa shape index (κ1) is 13.8. The van der Waals surface area contributed by atoms with Gasteiger partial charge in [0.05, 0.1) is 25.9 Å². The summed E-state index contributed by atoms with van der Waals surface area (Å²) in [6, 6.07) is 0. The van der Waals surface area contributed by atoms with Gasteiger partial charge in [0.1, 0.15) is 0 Å². The van der Waals surface area contributed by atoms with Crippen molar-refractivity contribution in [3.63, 3.8) is 0 Å². The van der Waals surface area contributed by atoms with E-state index in [-0.39, 0.29) is 12.0 Å². The molecule has 2 fully saturated rings. The highest BCUT2D eigenvalue weighted by Crippen LogP contribution is 2.20. The molecule has 5 nitrogen and oxygen atoms in total. The van der Waals surface area contributed by atoms with Gasteiger partial charge in [-0.25, -0.2) is 0 Å². The molecule has 2 aliphatic rings. The van der Waals surface area contributed by atoms with E-state index in [1.54, 1.807) is 0 Å². The number of carbonyl (C=O) groups is 1. The number of carbonyl (C=O) groups excluding carboxylic acids is 1. The van der Waals surface area contributed by atoms with E-state index in [4.69, 9.17) is 4.74 Å². The van der Waals surface area contributed by atoms with E-state index in [0.29, 0.717) is 25.7 Å². The van der Waals surface area contributed by atoms with Gasteiger partial charge >= 0.3 is 0 Å². The third-order valence-electron chi connectivity index (χ3n) is 4.04. The van der Waals surface area contributed by atoms with Crippen LogP contribution in [0.3, 0.4) is 0 Å². The monoisotopic (exact) mass is 256 g/mol. The summed E-state index contributed by atoms with van der Waals surface area (Å²) < 4.78 is 5.24. The molecule has 0 aromatic heterocycles. The van der Waals surface area contributed by atoms with Gasteiger partial charge < -0.3 is 14.7 Å². The van der Waals surface area contributed by atoms with E-state index < -0.39 is 0 Å². The van der Waals surface area contributed by atoms with Gasteiger partial charge in [0.15, 0.2) is 0 Å². The molecule has 1 amide bonds. The normalized spacial score (nSPS) is 25.1. The Labute approximate surface area is 109 Å². The van der Waals surface area contributed by atoms with E-state index in [2.05, 4.69) is 4.90 Å². The van der Waals surface area contributed by atoms with E-state index in [1.807, 2.05) is 11.8 Å². The number of aliphatic hydroxyl groups is 1. The molecular formula is C13H24N2O3. The molecule has 0 radical (unpaired) electrons. The fourth-order valence-electron chi connectivity index (χ4n) is 2.70. The van der Waals surface area contributed by atoms with Crippen molar-refractivity contribution in [1.82, 2.24) is 9.80 Å². The van der Waals surface area contributed by atoms with Crippen LogP contribution in [0.25, 0.3) is 0 Å². The molecule has 0 bridgehead atoms. The lowest BCUT2D eigenvalue weighted by molar-refractivity contribution is -0.136. The van der Waals surface area contributed by atoms with E-state index >= 15 is 0 Å². The molecule has 2 saturated heterocycles. The zero-order chi connectivity index (χ0) is 13.0. The summed E-state index contributed by atoms with van der Waals surface area (Å²) in [6.07, 6.45) is 1.77. The number of rotatable bonds is 3. The lowest BCUT2D eigenvalue weighted by Crippen LogP contribution is -2.47. The van der Waals surface area contributed by atoms with Crippen LogP contribution in [0.5, 0.6) is 0 Å². The summed E-state index contributed by atoms with van der Waals surface area (Å²) in [5.74, 6) is 0.619. The summed E-state index contributed by atoms with van der Waals surface area (Å²) in [5.41, 5.74) is 0. The Hall–Kier alpha value is -0.650. The summed E-state index contributed by atoms with van der Waals surface area (Å²) >= 11 is 0. The zero-order valence-electron chi connectivity index (χ0n) is 11.2. The zero-order valence-corrected chi connectivity index (χ0v) is 11.2. The highest BCUT2D eigenvalue weighted by molar-refractivity contribution is 5.78. The lowest BCUT2D eigenvalue weighted by Gasteiger charge is -2.34. The molecule has 0 aliphatic carbocycles. The molecule has 0 aromatic rings. The van der Waals surface area contributed by atoms with Crippen molar-refractivity contribution in [2.24, 2.45) is 5.92 Å². The predicted molar refractivity (Wildman–Crippen MR) is 68.2 cm³/mol. The van der Waals surface area contributed by atoms with Gasteiger partial charge in [-0.15, -0.1) is 0 Å². The number of morpholine rings is 1. The summed E-state index contributed by atoms with van der Waals surface area (Å²) in [4.78, 5) is 16.2. The summed E-state index contributed by atoms with van der Waals surface area (Å²) in [6.45, 7) is 7.00. The van der Waals surface area contributed by atoms with Gasteiger partial charge in [0, 0.05) is 13.1 Å². The topological polar surface area (TPSA) is 53.0 Å². The first-order valence-electron chi connectivity index (χ1n) is 6.93. The molecule has 1 unspecified atom stereocenters. The minimum atomic E-state index is -0.220. The molecule has 2 aliphatic heterocycles. The number of hydrogen-bond acceptors (Lipinski definition) is 4. The van der Waals surface area contributed by atoms with E-state index in [0.717, 1.165) is 39.0 Å². The van der Waals surface area contributed by atoms with Gasteiger partial charge in [-0.2, -0.15) is 0 Å². The molecule has 2 rings (SSSR count). The van der Waals surface area contributed by atoms with Crippen molar-refractivity contribution in [3.8, 4) is 0 Å². The average molecular weight is 256 g/mol. The van der Waals surface area contributed by atoms with Crippen molar-refractivity contribution < 1.29 is 14.6 Å². The molecule has 104 valence electrons. The maximum Gasteiger partial charge on any atom is 0.236 e. The van der Waals surface area contributed by atoms with Crippen LogP contribution in [0, 0.1) is 5.92 Å². The Morgan fingerprint density at radius 2 is 1.89 bits per heavy atom. The molecule has 0 saturated carbocycles. The number of nitrogens with zero attached hydrogens (tertiary/aromatic N) is 2. The third kappa shape index (κ3) is 3.67. The van der Waals surface area contributed by atoms with Crippen molar-refractivity contribution in [1.29, 1.82) is 0 Å². The quantitative estimate of drug-likeness (QED) is 0.768. The van der Waals surface area contributed by atoms with E-state index in [1.165, 1.54) is 0 Å². The smallest absolute Gasteiger partial charge is 0.236 e. The molecular weight excluding hydrogens is 232 g/mol. The van der Waals surface area contributed by atoms with Crippen LogP contribution in [-0.2, 0) is 9.53 Å². The molecule has 2 heterocycles. The summed E-state index contributed by atoms with van der Waals surface area (Å²) in [7, 11) is 0. The number of amides is 1. The highest BCUT2D eigenvalue weighted by atomic mass is 16.5. The second-order valence-corrected chi connectivity index (χ2v) is 5.35. The maximum absolute atomic E-state index is 12.1. The maximum atomic E-state index is 12.1. The van der Waals surface area contributed by atoms with Crippen LogP contribution in [0.15, 0.2) is 0 Å². The van der Waals surface area contributed by atoms with Crippen LogP contribution in [0.4, 0.5) is 0 Å². The first-order valence-corrected chi connectivity index (χ1v) is 6.93. The second kappa shape index (κ2) is 6.50. The van der Waals surface area contributed by atoms with Gasteiger partial charge in [-0.1, -0.05) is 0 Å². The van der Waals surface area contributed by atoms with E-state index in [9.17, 15) is 9.90 Å². The Balaban J connectivity index is 1.72. The third-order valence-corrected chi connectivity index (χ3v) is 4.04. The average Bonchev–Trinajstić information content (AvgIpc) is 2.40. The van der Waals surface area contributed by atoms with Crippen molar-refractivity contribution in [2.75, 3.05) is 45.9 Å². The Bertz CT molecular complexity index is 269. The van der Waals surface area contributed by atoms with Crippen LogP contribution < -0.4 is 0 Å². The number of likely N-dealkylation sites (tertiary alicyclic amines) is 1. The Morgan fingerprint density at radius 1 is 1.28 bits per heavy atom. The number of ether oxygens (including phenoxy) is 1. The number of piperidine rings is 1. The van der Waals surface area contributed by atoms with Crippen LogP contribution in [0.1, 0.15) is 19.8 Å². The molecule has 5 heteroatoms. The molecule has 18 heavy (non-hydrogen) atoms. The molecule has 1 atom stereocenters. The van der Waals surface area contributed by atoms with Crippen molar-refractivity contribution in [2.45, 2.75) is 25.9 Å². The summed E-state index contributed by atoms with van der Waals surface area (Å²) in [5, 5.41) is 9.54. The Morgan fingerprint density at radius 3 is 2.44 bits per heavy atom. The number of hydrogen-bond donors (Lipinski definition) is 1. The number of aliphatic hydroxyl groups excluding tert-OH is 1. The fraction of sp³-hybridized carbons (Fsp3) is 0.923. The SMILES string of the molecule is CC(O)C1CCN(CC(=O)N2CCOCC2)CC1. The van der Waals surface area contributed by atoms with Gasteiger partial charge in [-0.3, -0.25) is 9.69 Å². The fourth-order valence-corrected chi connectivity index (χ4v) is 2.70. The van der Waals surface area contributed by atoms with Crippen molar-refractivity contribution in [3.05, 3.63) is 0 Å². The van der Waals surface area contributed by atoms with Gasteiger partial charge in [0.25, 0.3) is 0 Å². The van der Waals surface area contributed by atoms with Crippen LogP contribution >= 0.6 is 0 Å². The lowest BCUT2D eigenvalue weighted by atomic mass is 9.92. The second-order valence-electron chi connectivity index (χ2n) is 5.35. The Kier molecular flexibility index (Phi) is 4.97. The minimum absolute atomic E-state index is 0.216. The molecule has 0 spiro atoms. The predicted octanol–water partition coefficient (Wildman–Crippen LogP) is -0.0620. The van der Waals surface area contributed by atoms with Crippen LogP contribution in [0.2, 0.25) is 0 Å². The molecule has 0 aromatic carbocycles. The standard InChI is InChI=1S/C13H24N2O3/c1-11(16)12-2-4-14(5-3-12)10-13(17)15-6-8-18-9-7-15/h11-12,16H,2-10H2,1H3. The highest BCUT2D eigenvalue weighted by Gasteiger charge is 2.25. The first-order chi connectivity index (χ1) is 8.66. The van der Waals surface area contributed by atoms with Gasteiger partial charge in [-0.05, 0) is 38.8 Å².